The molecule has 5 heteroatoms. The minimum Gasteiger partial charge on any atom is -0.496 e. The zero-order chi connectivity index (χ0) is 15.1. The Morgan fingerprint density at radius 1 is 1.33 bits per heavy atom. The SMILES string of the molecule is COc1ccccc1C1(C(=O)NCCCNC=O)CCC1. The van der Waals surface area contributed by atoms with E-state index in [9.17, 15) is 9.59 Å². The first-order valence-electron chi connectivity index (χ1n) is 7.33. The van der Waals surface area contributed by atoms with Crippen LogP contribution in [0.1, 0.15) is 31.2 Å². The molecule has 1 aromatic carbocycles. The lowest BCUT2D eigenvalue weighted by atomic mass is 9.63. The summed E-state index contributed by atoms with van der Waals surface area (Å²) in [5.74, 6) is 0.833. The third-order valence-corrected chi connectivity index (χ3v) is 4.13. The molecule has 1 aliphatic rings. The van der Waals surface area contributed by atoms with Gasteiger partial charge in [-0.2, -0.15) is 0 Å². The van der Waals surface area contributed by atoms with Crippen LogP contribution in [0.3, 0.4) is 0 Å². The third kappa shape index (κ3) is 3.17. The molecule has 0 aliphatic heterocycles. The van der Waals surface area contributed by atoms with Gasteiger partial charge in [0.15, 0.2) is 0 Å². The van der Waals surface area contributed by atoms with Crippen molar-refractivity contribution in [1.82, 2.24) is 10.6 Å². The summed E-state index contributed by atoms with van der Waals surface area (Å²) in [6.45, 7) is 1.14. The largest absolute Gasteiger partial charge is 0.496 e. The van der Waals surface area contributed by atoms with Crippen LogP contribution in [0.15, 0.2) is 24.3 Å². The molecule has 0 spiro atoms. The minimum absolute atomic E-state index is 0.0596. The molecule has 1 aliphatic carbocycles. The molecule has 0 atom stereocenters. The van der Waals surface area contributed by atoms with Gasteiger partial charge in [-0.25, -0.2) is 0 Å². The van der Waals surface area contributed by atoms with Gasteiger partial charge in [0.05, 0.1) is 12.5 Å². The molecule has 5 nitrogen and oxygen atoms in total. The average Bonchev–Trinajstić information content (AvgIpc) is 2.46. The number of benzene rings is 1. The number of rotatable bonds is 8. The summed E-state index contributed by atoms with van der Waals surface area (Å²) in [5.41, 5.74) is 0.521. The number of hydrogen-bond donors (Lipinski definition) is 2. The molecule has 21 heavy (non-hydrogen) atoms. The summed E-state index contributed by atoms with van der Waals surface area (Å²) in [7, 11) is 1.63. The molecule has 0 heterocycles. The van der Waals surface area contributed by atoms with E-state index in [0.717, 1.165) is 37.0 Å². The van der Waals surface area contributed by atoms with Crippen molar-refractivity contribution in [3.05, 3.63) is 29.8 Å². The molecule has 2 N–H and O–H groups in total. The van der Waals surface area contributed by atoms with Crippen molar-refractivity contribution in [2.75, 3.05) is 20.2 Å². The number of nitrogens with one attached hydrogen (secondary N) is 2. The number of carbonyl (C=O) groups excluding carboxylic acids is 2. The predicted molar refractivity (Wildman–Crippen MR) is 80.2 cm³/mol. The molecule has 0 bridgehead atoms. The Balaban J connectivity index is 2.03. The topological polar surface area (TPSA) is 67.4 Å². The van der Waals surface area contributed by atoms with Crippen LogP contribution in [0.25, 0.3) is 0 Å². The van der Waals surface area contributed by atoms with Crippen molar-refractivity contribution in [3.8, 4) is 5.75 Å². The normalized spacial score (nSPS) is 15.7. The first kappa shape index (κ1) is 15.4. The summed E-state index contributed by atoms with van der Waals surface area (Å²) in [6.07, 6.45) is 4.16. The van der Waals surface area contributed by atoms with Crippen molar-refractivity contribution in [1.29, 1.82) is 0 Å². The van der Waals surface area contributed by atoms with Gasteiger partial charge >= 0.3 is 0 Å². The summed E-state index contributed by atoms with van der Waals surface area (Å²) < 4.78 is 5.41. The quantitative estimate of drug-likeness (QED) is 0.561. The Labute approximate surface area is 125 Å². The van der Waals surface area contributed by atoms with Gasteiger partial charge < -0.3 is 15.4 Å². The van der Waals surface area contributed by atoms with E-state index in [4.69, 9.17) is 4.74 Å². The molecule has 0 aromatic heterocycles. The summed E-state index contributed by atoms with van der Waals surface area (Å²) in [4.78, 5) is 22.8. The van der Waals surface area contributed by atoms with Crippen LogP contribution >= 0.6 is 0 Å². The first-order valence-corrected chi connectivity index (χ1v) is 7.33. The summed E-state index contributed by atoms with van der Waals surface area (Å²) in [5, 5.41) is 5.57. The van der Waals surface area contributed by atoms with E-state index in [1.807, 2.05) is 24.3 Å². The molecule has 114 valence electrons. The second-order valence-electron chi connectivity index (χ2n) is 5.32. The Hall–Kier alpha value is -2.04. The molecular formula is C16H22N2O3. The van der Waals surface area contributed by atoms with Gasteiger partial charge in [0, 0.05) is 18.7 Å². The zero-order valence-corrected chi connectivity index (χ0v) is 12.4. The van der Waals surface area contributed by atoms with Gasteiger partial charge in [0.25, 0.3) is 0 Å². The number of ether oxygens (including phenoxy) is 1. The second-order valence-corrected chi connectivity index (χ2v) is 5.32. The van der Waals surface area contributed by atoms with Crippen LogP contribution < -0.4 is 15.4 Å². The van der Waals surface area contributed by atoms with Gasteiger partial charge in [-0.1, -0.05) is 24.6 Å². The Kier molecular flexibility index (Phi) is 5.20. The highest BCUT2D eigenvalue weighted by atomic mass is 16.5. The van der Waals surface area contributed by atoms with Crippen LogP contribution in [0.5, 0.6) is 5.75 Å². The Morgan fingerprint density at radius 2 is 2.10 bits per heavy atom. The number of para-hydroxylation sites is 1. The van der Waals surface area contributed by atoms with E-state index < -0.39 is 5.41 Å². The molecule has 2 rings (SSSR count). The number of carbonyl (C=O) groups is 2. The molecule has 1 fully saturated rings. The molecular weight excluding hydrogens is 268 g/mol. The number of amides is 2. The maximum atomic E-state index is 12.6. The van der Waals surface area contributed by atoms with Crippen molar-refractivity contribution in [2.24, 2.45) is 0 Å². The molecule has 0 radical (unpaired) electrons. The van der Waals surface area contributed by atoms with Crippen molar-refractivity contribution < 1.29 is 14.3 Å². The fourth-order valence-electron chi connectivity index (χ4n) is 2.81. The van der Waals surface area contributed by atoms with E-state index in [1.165, 1.54) is 0 Å². The van der Waals surface area contributed by atoms with E-state index in [-0.39, 0.29) is 5.91 Å². The predicted octanol–water partition coefficient (Wildman–Crippen LogP) is 1.37. The van der Waals surface area contributed by atoms with E-state index in [0.29, 0.717) is 19.5 Å². The van der Waals surface area contributed by atoms with E-state index >= 15 is 0 Å². The minimum atomic E-state index is -0.454. The molecule has 2 amide bonds. The van der Waals surface area contributed by atoms with Crippen molar-refractivity contribution in [3.63, 3.8) is 0 Å². The highest BCUT2D eigenvalue weighted by Gasteiger charge is 2.47. The lowest BCUT2D eigenvalue weighted by Crippen LogP contribution is -2.49. The standard InChI is InChI=1S/C16H22N2O3/c1-21-14-7-3-2-6-13(14)16(8-4-9-16)15(20)18-11-5-10-17-12-19/h2-3,6-7,12H,4-5,8-11H2,1H3,(H,17,19)(H,18,20). The van der Waals surface area contributed by atoms with Gasteiger partial charge in [0.2, 0.25) is 12.3 Å². The van der Waals surface area contributed by atoms with Gasteiger partial charge in [-0.05, 0) is 25.3 Å². The fourth-order valence-corrected chi connectivity index (χ4v) is 2.81. The van der Waals surface area contributed by atoms with Crippen LogP contribution in [0, 0.1) is 0 Å². The van der Waals surface area contributed by atoms with Crippen LogP contribution in [0.4, 0.5) is 0 Å². The first-order chi connectivity index (χ1) is 10.2. The Bertz CT molecular complexity index is 498. The summed E-state index contributed by atoms with van der Waals surface area (Å²) in [6, 6.07) is 7.74. The monoisotopic (exact) mass is 290 g/mol. The maximum absolute atomic E-state index is 12.6. The van der Waals surface area contributed by atoms with E-state index in [2.05, 4.69) is 10.6 Å². The lowest BCUT2D eigenvalue weighted by Gasteiger charge is -2.41. The van der Waals surface area contributed by atoms with Crippen LogP contribution in [0.2, 0.25) is 0 Å². The van der Waals surface area contributed by atoms with Crippen LogP contribution in [-0.4, -0.2) is 32.5 Å². The zero-order valence-electron chi connectivity index (χ0n) is 12.4. The highest BCUT2D eigenvalue weighted by molar-refractivity contribution is 5.90. The maximum Gasteiger partial charge on any atom is 0.230 e. The van der Waals surface area contributed by atoms with Gasteiger partial charge in [0.1, 0.15) is 5.75 Å². The van der Waals surface area contributed by atoms with Crippen molar-refractivity contribution in [2.45, 2.75) is 31.1 Å². The second kappa shape index (κ2) is 7.11. The van der Waals surface area contributed by atoms with Gasteiger partial charge in [-0.15, -0.1) is 0 Å². The lowest BCUT2D eigenvalue weighted by molar-refractivity contribution is -0.130. The number of hydrogen-bond acceptors (Lipinski definition) is 3. The highest BCUT2D eigenvalue weighted by Crippen LogP contribution is 2.47. The smallest absolute Gasteiger partial charge is 0.230 e. The molecule has 0 unspecified atom stereocenters. The van der Waals surface area contributed by atoms with Crippen LogP contribution in [-0.2, 0) is 15.0 Å². The number of methoxy groups -OCH3 is 1. The van der Waals surface area contributed by atoms with E-state index in [1.54, 1.807) is 7.11 Å². The van der Waals surface area contributed by atoms with Crippen molar-refractivity contribution >= 4 is 12.3 Å². The summed E-state index contributed by atoms with van der Waals surface area (Å²) >= 11 is 0. The average molecular weight is 290 g/mol. The third-order valence-electron chi connectivity index (χ3n) is 4.13. The molecule has 1 aromatic rings. The Morgan fingerprint density at radius 3 is 2.71 bits per heavy atom. The molecule has 1 saturated carbocycles. The molecule has 0 saturated heterocycles. The fraction of sp³-hybridized carbons (Fsp3) is 0.500. The van der Waals surface area contributed by atoms with Gasteiger partial charge in [-0.3, -0.25) is 9.59 Å².